The van der Waals surface area contributed by atoms with Crippen molar-refractivity contribution in [3.8, 4) is 17.2 Å². The summed E-state index contributed by atoms with van der Waals surface area (Å²) < 4.78 is 1.74. The minimum atomic E-state index is -0.426. The number of aliphatic hydroxyl groups excluding tert-OH is 1. The number of unbranched alkanes of at least 4 members (excludes halogenated alkanes) is 1. The maximum absolute atomic E-state index is 13.4. The van der Waals surface area contributed by atoms with Crippen molar-refractivity contribution in [1.82, 2.24) is 30.0 Å². The molecular formula is C36H44N10O2. The summed E-state index contributed by atoms with van der Waals surface area (Å²) in [6.45, 7) is 3.76. The van der Waals surface area contributed by atoms with Crippen LogP contribution in [0.1, 0.15) is 63.0 Å². The number of aromatic nitrogens is 5. The topological polar surface area (TPSA) is 148 Å². The number of pyridine rings is 1. The third-order valence-corrected chi connectivity index (χ3v) is 8.27. The van der Waals surface area contributed by atoms with Gasteiger partial charge in [-0.15, -0.1) is 0 Å². The van der Waals surface area contributed by atoms with E-state index in [1.807, 2.05) is 66.7 Å². The van der Waals surface area contributed by atoms with Crippen molar-refractivity contribution in [3.63, 3.8) is 0 Å². The number of aryl methyl sites for hydroxylation is 1. The molecule has 5 rings (SSSR count). The summed E-state index contributed by atoms with van der Waals surface area (Å²) in [6.07, 6.45) is 16.4. The van der Waals surface area contributed by atoms with E-state index in [1.54, 1.807) is 34.4 Å². The van der Waals surface area contributed by atoms with Crippen LogP contribution in [0.15, 0.2) is 79.5 Å². The van der Waals surface area contributed by atoms with Crippen molar-refractivity contribution in [2.24, 2.45) is 7.05 Å². The van der Waals surface area contributed by atoms with Gasteiger partial charge in [0.05, 0.1) is 18.5 Å². The van der Waals surface area contributed by atoms with Crippen molar-refractivity contribution in [1.29, 1.82) is 5.26 Å². The zero-order valence-electron chi connectivity index (χ0n) is 27.7. The predicted octanol–water partition coefficient (Wildman–Crippen LogP) is 5.79. The van der Waals surface area contributed by atoms with Gasteiger partial charge in [-0.25, -0.2) is 14.8 Å². The van der Waals surface area contributed by atoms with E-state index in [9.17, 15) is 15.2 Å². The third kappa shape index (κ3) is 9.39. The van der Waals surface area contributed by atoms with Gasteiger partial charge in [0.1, 0.15) is 17.5 Å². The molecule has 0 bridgehead atoms. The number of hydrogen-bond acceptors (Lipinski definition) is 9. The molecule has 12 heteroatoms. The van der Waals surface area contributed by atoms with Crippen molar-refractivity contribution in [3.05, 3.63) is 90.7 Å². The zero-order valence-corrected chi connectivity index (χ0v) is 27.7. The minimum Gasteiger partial charge on any atom is -0.391 e. The van der Waals surface area contributed by atoms with Crippen molar-refractivity contribution < 1.29 is 9.90 Å². The zero-order chi connectivity index (χ0) is 33.7. The van der Waals surface area contributed by atoms with Crippen LogP contribution < -0.4 is 20.4 Å². The smallest absolute Gasteiger partial charge is 0.327 e. The summed E-state index contributed by atoms with van der Waals surface area (Å²) >= 11 is 0. The highest BCUT2D eigenvalue weighted by Gasteiger charge is 2.23. The molecule has 1 aliphatic heterocycles. The van der Waals surface area contributed by atoms with Crippen LogP contribution in [-0.2, 0) is 13.6 Å². The number of urea groups is 1. The van der Waals surface area contributed by atoms with Crippen LogP contribution in [0.5, 0.6) is 0 Å². The molecule has 3 N–H and O–H groups in total. The van der Waals surface area contributed by atoms with E-state index >= 15 is 0 Å². The van der Waals surface area contributed by atoms with Gasteiger partial charge in [-0.1, -0.05) is 49.8 Å². The van der Waals surface area contributed by atoms with E-state index in [0.29, 0.717) is 36.2 Å². The second kappa shape index (κ2) is 17.0. The van der Waals surface area contributed by atoms with Gasteiger partial charge in [0.25, 0.3) is 0 Å². The largest absolute Gasteiger partial charge is 0.391 e. The number of nitrogens with zero attached hydrogens (tertiary/aromatic N) is 8. The molecule has 48 heavy (non-hydrogen) atoms. The van der Waals surface area contributed by atoms with Gasteiger partial charge in [0.2, 0.25) is 5.95 Å². The number of benzene rings is 1. The Hall–Kier alpha value is -5.28. The molecule has 0 radical (unpaired) electrons. The normalized spacial score (nSPS) is 15.2. The number of amides is 2. The summed E-state index contributed by atoms with van der Waals surface area (Å²) in [4.78, 5) is 30.6. The van der Waals surface area contributed by atoms with Gasteiger partial charge in [0.15, 0.2) is 5.82 Å². The first-order valence-electron chi connectivity index (χ1n) is 16.6. The lowest BCUT2D eigenvalue weighted by molar-refractivity contribution is 0.154. The van der Waals surface area contributed by atoms with Gasteiger partial charge in [0, 0.05) is 62.4 Å². The summed E-state index contributed by atoms with van der Waals surface area (Å²) in [5.41, 5.74) is 3.29. The molecule has 0 spiro atoms. The third-order valence-electron chi connectivity index (χ3n) is 8.27. The Bertz CT molecular complexity index is 1680. The Morgan fingerprint density at radius 2 is 2.00 bits per heavy atom. The number of nitrogens with one attached hydrogen (secondary N) is 2. The molecule has 3 aromatic heterocycles. The molecule has 1 aromatic carbocycles. The molecule has 0 aliphatic carbocycles. The minimum absolute atomic E-state index is 0.142. The molecular weight excluding hydrogens is 604 g/mol. The second-order valence-electron chi connectivity index (χ2n) is 12.1. The molecule has 1 fully saturated rings. The molecule has 250 valence electrons. The number of aliphatic hydroxyl groups is 1. The highest BCUT2D eigenvalue weighted by Crippen LogP contribution is 2.24. The Kier molecular flexibility index (Phi) is 12.1. The monoisotopic (exact) mass is 648 g/mol. The molecule has 2 amide bonds. The quantitative estimate of drug-likeness (QED) is 0.145. The summed E-state index contributed by atoms with van der Waals surface area (Å²) in [7, 11) is 1.87. The molecule has 1 saturated heterocycles. The average molecular weight is 649 g/mol. The van der Waals surface area contributed by atoms with Gasteiger partial charge in [-0.05, 0) is 56.2 Å². The molecule has 0 saturated carbocycles. The number of allylic oxidation sites excluding steroid dienone is 1. The average Bonchev–Trinajstić information content (AvgIpc) is 3.55. The van der Waals surface area contributed by atoms with E-state index in [1.165, 1.54) is 0 Å². The van der Waals surface area contributed by atoms with Crippen LogP contribution in [0.25, 0.3) is 11.1 Å². The van der Waals surface area contributed by atoms with E-state index in [4.69, 9.17) is 4.98 Å². The van der Waals surface area contributed by atoms with Gasteiger partial charge in [-0.3, -0.25) is 9.58 Å². The van der Waals surface area contributed by atoms with Gasteiger partial charge < -0.3 is 20.6 Å². The number of hydrogen-bond donors (Lipinski definition) is 3. The Labute approximate surface area is 282 Å². The molecule has 4 aromatic rings. The Balaban J connectivity index is 1.22. The molecule has 4 heterocycles. The number of β-amino-alcohol motifs (C(OH)–C–C–N with tert-alkyl or cyclic N) is 1. The molecule has 1 aliphatic rings. The van der Waals surface area contributed by atoms with E-state index < -0.39 is 6.10 Å². The van der Waals surface area contributed by atoms with E-state index in [0.717, 1.165) is 68.2 Å². The summed E-state index contributed by atoms with van der Waals surface area (Å²) in [5.74, 6) is 1.57. The van der Waals surface area contributed by atoms with E-state index in [2.05, 4.69) is 38.7 Å². The number of carbonyl (C=O) groups is 1. The van der Waals surface area contributed by atoms with Gasteiger partial charge in [-0.2, -0.15) is 15.3 Å². The van der Waals surface area contributed by atoms with Crippen molar-refractivity contribution in [2.75, 3.05) is 28.2 Å². The first-order valence-corrected chi connectivity index (χ1v) is 16.6. The fourth-order valence-electron chi connectivity index (χ4n) is 5.77. The Morgan fingerprint density at radius 1 is 1.15 bits per heavy atom. The lowest BCUT2D eigenvalue weighted by Crippen LogP contribution is -2.39. The first kappa shape index (κ1) is 34.1. The standard InChI is InChI=1S/C36H44N10O2/c1-3-11-31(42-35-39-23-29(20-37)34(43-35)45-18-10-15-32(47)26-45)14-8-5-9-19-46(36(48)40-21-27-12-6-4-7-13-27)33-17-16-28(22-38-33)30-24-41-44(2)25-30/h4,6-7,9,12-13,16-17,19,22-25,31-32,47H,3,5,8,10-11,14-15,18,21,26H2,1-2H3,(H,40,48)(H,39,42,43)/b19-9+/t31-,32?/m1/s1. The van der Waals surface area contributed by atoms with Crippen molar-refractivity contribution in [2.45, 2.75) is 70.6 Å². The fraction of sp³-hybridized carbons (Fsp3) is 0.389. The number of nitriles is 1. The van der Waals surface area contributed by atoms with Gasteiger partial charge >= 0.3 is 6.03 Å². The molecule has 12 nitrogen and oxygen atoms in total. The SMILES string of the molecule is CCC[C@H](CCC/C=C/N(C(=O)NCc1ccccc1)c1ccc(-c2cnn(C)c2)cn1)Nc1ncc(C#N)c(N2CCCC(O)C2)n1. The number of carbonyl (C=O) groups excluding carboxylic acids is 1. The molecule has 1 unspecified atom stereocenters. The summed E-state index contributed by atoms with van der Waals surface area (Å²) in [6, 6.07) is 15.6. The first-order chi connectivity index (χ1) is 23.4. The highest BCUT2D eigenvalue weighted by atomic mass is 16.3. The van der Waals surface area contributed by atoms with Crippen LogP contribution >= 0.6 is 0 Å². The number of rotatable bonds is 14. The lowest BCUT2D eigenvalue weighted by Gasteiger charge is -2.31. The number of piperidine rings is 1. The highest BCUT2D eigenvalue weighted by molar-refractivity contribution is 5.92. The maximum atomic E-state index is 13.4. The Morgan fingerprint density at radius 3 is 2.71 bits per heavy atom. The second-order valence-corrected chi connectivity index (χ2v) is 12.1. The van der Waals surface area contributed by atoms with Crippen LogP contribution in [0.2, 0.25) is 0 Å². The van der Waals surface area contributed by atoms with Crippen LogP contribution in [0.3, 0.4) is 0 Å². The lowest BCUT2D eigenvalue weighted by atomic mass is 10.0. The van der Waals surface area contributed by atoms with Crippen molar-refractivity contribution >= 4 is 23.6 Å². The maximum Gasteiger partial charge on any atom is 0.327 e. The van der Waals surface area contributed by atoms with Crippen LogP contribution in [0.4, 0.5) is 22.4 Å². The summed E-state index contributed by atoms with van der Waals surface area (Å²) in [5, 5.41) is 30.5. The fourth-order valence-corrected chi connectivity index (χ4v) is 5.77. The number of anilines is 3. The van der Waals surface area contributed by atoms with Crippen LogP contribution in [0, 0.1) is 11.3 Å². The van der Waals surface area contributed by atoms with E-state index in [-0.39, 0.29) is 12.1 Å². The predicted molar refractivity (Wildman–Crippen MR) is 187 cm³/mol. The molecule has 2 atom stereocenters. The van der Waals surface area contributed by atoms with Crippen LogP contribution in [-0.4, -0.2) is 61.1 Å².